The Bertz CT molecular complexity index is 106. The van der Waals surface area contributed by atoms with Crippen molar-refractivity contribution in [1.29, 1.82) is 0 Å². The van der Waals surface area contributed by atoms with Crippen LogP contribution in [0.4, 0.5) is 0 Å². The van der Waals surface area contributed by atoms with Crippen molar-refractivity contribution in [2.75, 3.05) is 0 Å². The lowest BCUT2D eigenvalue weighted by atomic mass is 9.88. The Morgan fingerprint density at radius 3 is 2.30 bits per heavy atom. The maximum Gasteiger partial charge on any atom is 0.0307 e. The van der Waals surface area contributed by atoms with Crippen molar-refractivity contribution in [2.24, 2.45) is 11.5 Å². The minimum absolute atomic E-state index is 0.0191. The lowest BCUT2D eigenvalue weighted by molar-refractivity contribution is 0.344. The van der Waals surface area contributed by atoms with Crippen LogP contribution in [0.2, 0.25) is 0 Å². The Hall–Kier alpha value is -0.0800. The smallest absolute Gasteiger partial charge is 0.0307 e. The van der Waals surface area contributed by atoms with Crippen molar-refractivity contribution >= 4 is 0 Å². The summed E-state index contributed by atoms with van der Waals surface area (Å²) in [7, 11) is 0. The summed E-state index contributed by atoms with van der Waals surface area (Å²) in [5.41, 5.74) is 12.0. The standard InChI is InChI=1S/C8H18N2/c1-2-7(9)8(10)5-3-4-6-8/h7H,2-6,9-10H2,1H3. The summed E-state index contributed by atoms with van der Waals surface area (Å²) in [6, 6.07) is 0.218. The fourth-order valence-corrected chi connectivity index (χ4v) is 1.81. The Morgan fingerprint density at radius 1 is 1.40 bits per heavy atom. The number of hydrogen-bond acceptors (Lipinski definition) is 2. The second-order valence-electron chi connectivity index (χ2n) is 3.46. The summed E-state index contributed by atoms with van der Waals surface area (Å²) in [5, 5.41) is 0. The van der Waals surface area contributed by atoms with Gasteiger partial charge < -0.3 is 11.5 Å². The Labute approximate surface area is 63.0 Å². The zero-order valence-corrected chi connectivity index (χ0v) is 6.77. The number of hydrogen-bond donors (Lipinski definition) is 2. The molecule has 0 aromatic rings. The molecule has 1 aliphatic rings. The first-order valence-corrected chi connectivity index (χ1v) is 4.23. The zero-order valence-electron chi connectivity index (χ0n) is 6.77. The molecule has 0 spiro atoms. The van der Waals surface area contributed by atoms with Crippen LogP contribution in [0.1, 0.15) is 39.0 Å². The molecule has 2 heteroatoms. The van der Waals surface area contributed by atoms with Crippen LogP contribution in [0.3, 0.4) is 0 Å². The molecule has 1 unspecified atom stereocenters. The highest BCUT2D eigenvalue weighted by molar-refractivity contribution is 4.97. The van der Waals surface area contributed by atoms with E-state index in [4.69, 9.17) is 11.5 Å². The van der Waals surface area contributed by atoms with Crippen molar-refractivity contribution in [3.05, 3.63) is 0 Å². The minimum Gasteiger partial charge on any atom is -0.326 e. The van der Waals surface area contributed by atoms with E-state index in [0.717, 1.165) is 19.3 Å². The molecule has 0 aromatic heterocycles. The van der Waals surface area contributed by atoms with Crippen LogP contribution in [-0.4, -0.2) is 11.6 Å². The predicted molar refractivity (Wildman–Crippen MR) is 43.7 cm³/mol. The average Bonchev–Trinajstić information content (AvgIpc) is 2.36. The summed E-state index contributed by atoms with van der Waals surface area (Å²) < 4.78 is 0. The van der Waals surface area contributed by atoms with Crippen LogP contribution < -0.4 is 11.5 Å². The van der Waals surface area contributed by atoms with Gasteiger partial charge in [0.25, 0.3) is 0 Å². The highest BCUT2D eigenvalue weighted by Crippen LogP contribution is 2.30. The molecule has 0 radical (unpaired) electrons. The molecule has 1 fully saturated rings. The minimum atomic E-state index is -0.0191. The SMILES string of the molecule is CCC(N)C1(N)CCCC1. The first-order chi connectivity index (χ1) is 4.69. The molecule has 0 aromatic carbocycles. The molecule has 4 N–H and O–H groups in total. The maximum atomic E-state index is 6.09. The van der Waals surface area contributed by atoms with Crippen LogP contribution in [0.5, 0.6) is 0 Å². The van der Waals surface area contributed by atoms with Crippen LogP contribution >= 0.6 is 0 Å². The van der Waals surface area contributed by atoms with Crippen molar-refractivity contribution in [2.45, 2.75) is 50.6 Å². The van der Waals surface area contributed by atoms with Crippen molar-refractivity contribution in [3.63, 3.8) is 0 Å². The normalized spacial score (nSPS) is 26.7. The van der Waals surface area contributed by atoms with E-state index in [1.165, 1.54) is 12.8 Å². The van der Waals surface area contributed by atoms with Gasteiger partial charge in [-0.25, -0.2) is 0 Å². The fraction of sp³-hybridized carbons (Fsp3) is 1.00. The Morgan fingerprint density at radius 2 is 1.90 bits per heavy atom. The Kier molecular flexibility index (Phi) is 2.32. The molecule has 60 valence electrons. The van der Waals surface area contributed by atoms with Gasteiger partial charge >= 0.3 is 0 Å². The van der Waals surface area contributed by atoms with Gasteiger partial charge in [0.1, 0.15) is 0 Å². The van der Waals surface area contributed by atoms with Crippen molar-refractivity contribution in [1.82, 2.24) is 0 Å². The van der Waals surface area contributed by atoms with E-state index in [2.05, 4.69) is 6.92 Å². The molecule has 0 amide bonds. The predicted octanol–water partition coefficient (Wildman–Crippen LogP) is 0.995. The second-order valence-corrected chi connectivity index (χ2v) is 3.46. The van der Waals surface area contributed by atoms with Crippen LogP contribution in [-0.2, 0) is 0 Å². The molecule has 1 aliphatic carbocycles. The summed E-state index contributed by atoms with van der Waals surface area (Å²) >= 11 is 0. The molecule has 1 saturated carbocycles. The third-order valence-corrected chi connectivity index (χ3v) is 2.71. The molecule has 0 saturated heterocycles. The third kappa shape index (κ3) is 1.32. The lowest BCUT2D eigenvalue weighted by Gasteiger charge is -2.29. The van der Waals surface area contributed by atoms with Gasteiger partial charge in [-0.3, -0.25) is 0 Å². The van der Waals surface area contributed by atoms with Crippen molar-refractivity contribution < 1.29 is 0 Å². The molecule has 2 nitrogen and oxygen atoms in total. The average molecular weight is 142 g/mol. The first kappa shape index (κ1) is 8.02. The molecule has 1 atom stereocenters. The van der Waals surface area contributed by atoms with Gasteiger partial charge in [-0.2, -0.15) is 0 Å². The first-order valence-electron chi connectivity index (χ1n) is 4.23. The van der Waals surface area contributed by atoms with E-state index in [1.54, 1.807) is 0 Å². The lowest BCUT2D eigenvalue weighted by Crippen LogP contribution is -2.52. The van der Waals surface area contributed by atoms with E-state index in [9.17, 15) is 0 Å². The monoisotopic (exact) mass is 142 g/mol. The van der Waals surface area contributed by atoms with E-state index >= 15 is 0 Å². The summed E-state index contributed by atoms with van der Waals surface area (Å²) in [5.74, 6) is 0. The van der Waals surface area contributed by atoms with Gasteiger partial charge in [-0.05, 0) is 19.3 Å². The molecule has 10 heavy (non-hydrogen) atoms. The van der Waals surface area contributed by atoms with Gasteiger partial charge in [-0.1, -0.05) is 19.8 Å². The van der Waals surface area contributed by atoms with Crippen LogP contribution in [0.15, 0.2) is 0 Å². The van der Waals surface area contributed by atoms with Crippen LogP contribution in [0.25, 0.3) is 0 Å². The highest BCUT2D eigenvalue weighted by Gasteiger charge is 2.34. The van der Waals surface area contributed by atoms with Gasteiger partial charge in [0, 0.05) is 11.6 Å². The number of nitrogens with two attached hydrogens (primary N) is 2. The number of rotatable bonds is 2. The van der Waals surface area contributed by atoms with E-state index in [0.29, 0.717) is 0 Å². The molecule has 0 heterocycles. The largest absolute Gasteiger partial charge is 0.326 e. The quantitative estimate of drug-likeness (QED) is 0.604. The highest BCUT2D eigenvalue weighted by atomic mass is 14.9. The van der Waals surface area contributed by atoms with E-state index in [-0.39, 0.29) is 11.6 Å². The van der Waals surface area contributed by atoms with Crippen molar-refractivity contribution in [3.8, 4) is 0 Å². The fourth-order valence-electron chi connectivity index (χ4n) is 1.81. The van der Waals surface area contributed by atoms with E-state index < -0.39 is 0 Å². The molecule has 1 rings (SSSR count). The molecule has 0 bridgehead atoms. The molecular formula is C8H18N2. The summed E-state index contributed by atoms with van der Waals surface area (Å²) in [6.45, 7) is 2.11. The third-order valence-electron chi connectivity index (χ3n) is 2.71. The van der Waals surface area contributed by atoms with E-state index in [1.807, 2.05) is 0 Å². The van der Waals surface area contributed by atoms with Gasteiger partial charge in [-0.15, -0.1) is 0 Å². The summed E-state index contributed by atoms with van der Waals surface area (Å²) in [6.07, 6.45) is 5.80. The Balaban J connectivity index is 2.49. The topological polar surface area (TPSA) is 52.0 Å². The van der Waals surface area contributed by atoms with Gasteiger partial charge in [0.2, 0.25) is 0 Å². The van der Waals surface area contributed by atoms with Crippen LogP contribution in [0, 0.1) is 0 Å². The second kappa shape index (κ2) is 2.89. The summed E-state index contributed by atoms with van der Waals surface area (Å²) in [4.78, 5) is 0. The molecule has 0 aliphatic heterocycles. The maximum absolute atomic E-state index is 6.09. The zero-order chi connectivity index (χ0) is 7.61. The van der Waals surface area contributed by atoms with Gasteiger partial charge in [0.15, 0.2) is 0 Å². The van der Waals surface area contributed by atoms with Gasteiger partial charge in [0.05, 0.1) is 0 Å². The molecular weight excluding hydrogens is 124 g/mol.